The van der Waals surface area contributed by atoms with Crippen molar-refractivity contribution in [2.24, 2.45) is 0 Å². The lowest BCUT2D eigenvalue weighted by Gasteiger charge is -2.10. The van der Waals surface area contributed by atoms with Gasteiger partial charge in [0.05, 0.1) is 12.1 Å². The number of phenolic OH excluding ortho intramolecular Hbond substituents is 1. The molecule has 0 bridgehead atoms. The van der Waals surface area contributed by atoms with Gasteiger partial charge in [-0.25, -0.2) is 4.79 Å². The second-order valence-corrected chi connectivity index (χ2v) is 4.67. The molecule has 20 heavy (non-hydrogen) atoms. The van der Waals surface area contributed by atoms with Gasteiger partial charge in [-0.05, 0) is 24.3 Å². The molecule has 2 aromatic rings. The molecule has 0 saturated carbocycles. The maximum Gasteiger partial charge on any atom is 0.347 e. The Kier molecular flexibility index (Phi) is 4.37. The monoisotopic (exact) mass is 312 g/mol. The van der Waals surface area contributed by atoms with Crippen molar-refractivity contribution < 1.29 is 19.4 Å². The lowest BCUT2D eigenvalue weighted by Crippen LogP contribution is -2.09. The Morgan fingerprint density at radius 1 is 1.15 bits per heavy atom. The molecule has 0 spiro atoms. The second kappa shape index (κ2) is 6.03. The standard InChI is InChI=1S/C14H10Cl2O4/c1-19-11-4-2-3-5-12(11)20-14(18)9-6-8(15)7-10(16)13(9)17/h2-7,17H,1H3. The molecule has 104 valence electrons. The number of halogens is 2. The summed E-state index contributed by atoms with van der Waals surface area (Å²) in [6.45, 7) is 0. The highest BCUT2D eigenvalue weighted by Gasteiger charge is 2.18. The lowest BCUT2D eigenvalue weighted by atomic mass is 10.2. The zero-order valence-corrected chi connectivity index (χ0v) is 11.9. The van der Waals surface area contributed by atoms with E-state index in [0.29, 0.717) is 5.75 Å². The van der Waals surface area contributed by atoms with Gasteiger partial charge in [-0.1, -0.05) is 35.3 Å². The van der Waals surface area contributed by atoms with Crippen LogP contribution in [0, 0.1) is 0 Å². The summed E-state index contributed by atoms with van der Waals surface area (Å²) >= 11 is 11.6. The minimum atomic E-state index is -0.781. The summed E-state index contributed by atoms with van der Waals surface area (Å²) < 4.78 is 10.2. The van der Waals surface area contributed by atoms with E-state index >= 15 is 0 Å². The van der Waals surface area contributed by atoms with Crippen LogP contribution in [0.5, 0.6) is 17.2 Å². The fourth-order valence-corrected chi connectivity index (χ4v) is 2.07. The third-order valence-corrected chi connectivity index (χ3v) is 3.03. The van der Waals surface area contributed by atoms with Crippen molar-refractivity contribution in [1.82, 2.24) is 0 Å². The van der Waals surface area contributed by atoms with Crippen LogP contribution in [-0.2, 0) is 0 Å². The summed E-state index contributed by atoms with van der Waals surface area (Å²) in [4.78, 5) is 12.1. The average Bonchev–Trinajstić information content (AvgIpc) is 2.43. The van der Waals surface area contributed by atoms with E-state index in [9.17, 15) is 9.90 Å². The van der Waals surface area contributed by atoms with Crippen molar-refractivity contribution in [2.75, 3.05) is 7.11 Å². The van der Waals surface area contributed by atoms with Gasteiger partial charge < -0.3 is 14.6 Å². The highest BCUT2D eigenvalue weighted by molar-refractivity contribution is 6.36. The van der Waals surface area contributed by atoms with Gasteiger partial charge in [-0.2, -0.15) is 0 Å². The minimum Gasteiger partial charge on any atom is -0.505 e. The predicted octanol–water partition coefficient (Wildman–Crippen LogP) is 3.93. The molecule has 4 nitrogen and oxygen atoms in total. The van der Waals surface area contributed by atoms with Crippen molar-refractivity contribution >= 4 is 29.2 Å². The molecule has 0 aliphatic heterocycles. The molecule has 0 aliphatic rings. The van der Waals surface area contributed by atoms with Gasteiger partial charge >= 0.3 is 5.97 Å². The zero-order valence-electron chi connectivity index (χ0n) is 10.4. The van der Waals surface area contributed by atoms with Gasteiger partial charge in [0, 0.05) is 5.02 Å². The Morgan fingerprint density at radius 2 is 1.80 bits per heavy atom. The third-order valence-electron chi connectivity index (χ3n) is 2.52. The normalized spacial score (nSPS) is 10.2. The highest BCUT2D eigenvalue weighted by atomic mass is 35.5. The molecule has 0 saturated heterocycles. The van der Waals surface area contributed by atoms with Gasteiger partial charge in [0.1, 0.15) is 11.3 Å². The molecular weight excluding hydrogens is 303 g/mol. The van der Waals surface area contributed by atoms with Gasteiger partial charge in [0.15, 0.2) is 11.5 Å². The number of benzene rings is 2. The smallest absolute Gasteiger partial charge is 0.347 e. The van der Waals surface area contributed by atoms with E-state index in [4.69, 9.17) is 32.7 Å². The lowest BCUT2D eigenvalue weighted by molar-refractivity contribution is 0.0726. The van der Waals surface area contributed by atoms with E-state index in [1.165, 1.54) is 19.2 Å². The van der Waals surface area contributed by atoms with Crippen molar-refractivity contribution in [1.29, 1.82) is 0 Å². The third kappa shape index (κ3) is 2.98. The number of ether oxygens (including phenoxy) is 2. The second-order valence-electron chi connectivity index (χ2n) is 3.82. The quantitative estimate of drug-likeness (QED) is 0.689. The molecule has 0 heterocycles. The van der Waals surface area contributed by atoms with E-state index in [1.54, 1.807) is 24.3 Å². The first kappa shape index (κ1) is 14.5. The molecule has 0 aliphatic carbocycles. The van der Waals surface area contributed by atoms with E-state index < -0.39 is 5.97 Å². The van der Waals surface area contributed by atoms with Crippen LogP contribution in [-0.4, -0.2) is 18.2 Å². The van der Waals surface area contributed by atoms with Crippen LogP contribution < -0.4 is 9.47 Å². The number of hydrogen-bond donors (Lipinski definition) is 1. The first-order chi connectivity index (χ1) is 9.52. The van der Waals surface area contributed by atoms with Gasteiger partial charge in [-0.15, -0.1) is 0 Å². The van der Waals surface area contributed by atoms with E-state index in [-0.39, 0.29) is 27.1 Å². The number of carbonyl (C=O) groups excluding carboxylic acids is 1. The molecule has 0 radical (unpaired) electrons. The van der Waals surface area contributed by atoms with Crippen LogP contribution in [0.3, 0.4) is 0 Å². The van der Waals surface area contributed by atoms with Crippen LogP contribution in [0.1, 0.15) is 10.4 Å². The molecular formula is C14H10Cl2O4. The number of aromatic hydroxyl groups is 1. The predicted molar refractivity (Wildman–Crippen MR) is 76.1 cm³/mol. The van der Waals surface area contributed by atoms with Gasteiger partial charge in [0.2, 0.25) is 0 Å². The fourth-order valence-electron chi connectivity index (χ4n) is 1.58. The van der Waals surface area contributed by atoms with Crippen LogP contribution in [0.2, 0.25) is 10.0 Å². The number of hydrogen-bond acceptors (Lipinski definition) is 4. The van der Waals surface area contributed by atoms with Gasteiger partial charge in [-0.3, -0.25) is 0 Å². The highest BCUT2D eigenvalue weighted by Crippen LogP contribution is 2.33. The number of esters is 1. The number of phenols is 1. The first-order valence-electron chi connectivity index (χ1n) is 5.56. The molecule has 2 rings (SSSR count). The number of carbonyl (C=O) groups is 1. The Bertz CT molecular complexity index is 656. The first-order valence-corrected chi connectivity index (χ1v) is 6.31. The molecule has 0 unspecified atom stereocenters. The molecule has 1 N–H and O–H groups in total. The van der Waals surface area contributed by atoms with Crippen molar-refractivity contribution in [3.8, 4) is 17.2 Å². The average molecular weight is 313 g/mol. The molecule has 0 atom stereocenters. The minimum absolute atomic E-state index is 0.0236. The van der Waals surface area contributed by atoms with E-state index in [1.807, 2.05) is 0 Å². The summed E-state index contributed by atoms with van der Waals surface area (Å²) in [5.74, 6) is -0.531. The number of para-hydroxylation sites is 2. The number of rotatable bonds is 3. The van der Waals surface area contributed by atoms with Crippen molar-refractivity contribution in [3.63, 3.8) is 0 Å². The Hall–Kier alpha value is -1.91. The summed E-state index contributed by atoms with van der Waals surface area (Å²) in [6, 6.07) is 9.26. The Labute approximate surface area is 125 Å². The maximum atomic E-state index is 12.1. The molecule has 0 fully saturated rings. The Balaban J connectivity index is 2.33. The van der Waals surface area contributed by atoms with Crippen molar-refractivity contribution in [3.05, 3.63) is 52.0 Å². The van der Waals surface area contributed by atoms with E-state index in [0.717, 1.165) is 0 Å². The van der Waals surface area contributed by atoms with Crippen LogP contribution in [0.25, 0.3) is 0 Å². The maximum absolute atomic E-state index is 12.1. The summed E-state index contributed by atoms with van der Waals surface area (Å²) in [7, 11) is 1.46. The molecule has 0 aromatic heterocycles. The summed E-state index contributed by atoms with van der Waals surface area (Å²) in [6.07, 6.45) is 0. The fraction of sp³-hybridized carbons (Fsp3) is 0.0714. The van der Waals surface area contributed by atoms with Crippen LogP contribution in [0.4, 0.5) is 0 Å². The zero-order chi connectivity index (χ0) is 14.7. The summed E-state index contributed by atoms with van der Waals surface area (Å²) in [5.41, 5.74) is -0.117. The molecule has 0 amide bonds. The number of methoxy groups -OCH3 is 1. The van der Waals surface area contributed by atoms with E-state index in [2.05, 4.69) is 0 Å². The van der Waals surface area contributed by atoms with Crippen LogP contribution >= 0.6 is 23.2 Å². The Morgan fingerprint density at radius 3 is 2.45 bits per heavy atom. The molecule has 6 heteroatoms. The topological polar surface area (TPSA) is 55.8 Å². The SMILES string of the molecule is COc1ccccc1OC(=O)c1cc(Cl)cc(Cl)c1O. The van der Waals surface area contributed by atoms with Gasteiger partial charge in [0.25, 0.3) is 0 Å². The largest absolute Gasteiger partial charge is 0.505 e. The van der Waals surface area contributed by atoms with Crippen LogP contribution in [0.15, 0.2) is 36.4 Å². The van der Waals surface area contributed by atoms with Crippen molar-refractivity contribution in [2.45, 2.75) is 0 Å². The summed E-state index contributed by atoms with van der Waals surface area (Å²) in [5, 5.41) is 9.97. The molecule has 2 aromatic carbocycles.